The lowest BCUT2D eigenvalue weighted by atomic mass is 9.94. The highest BCUT2D eigenvalue weighted by molar-refractivity contribution is 7.20. The number of amides is 1. The van der Waals surface area contributed by atoms with Gasteiger partial charge < -0.3 is 0 Å². The van der Waals surface area contributed by atoms with Gasteiger partial charge in [-0.2, -0.15) is 0 Å². The third-order valence-corrected chi connectivity index (χ3v) is 5.64. The predicted molar refractivity (Wildman–Crippen MR) is 89.4 cm³/mol. The summed E-state index contributed by atoms with van der Waals surface area (Å²) in [5, 5.41) is 9.78. The van der Waals surface area contributed by atoms with E-state index in [9.17, 15) is 4.79 Å². The van der Waals surface area contributed by atoms with E-state index in [2.05, 4.69) is 30.1 Å². The maximum atomic E-state index is 11.5. The number of carbonyl (C=O) groups excluding carboxylic acids is 1. The number of thiophene rings is 1. The van der Waals surface area contributed by atoms with Crippen LogP contribution in [-0.4, -0.2) is 29.1 Å². The number of benzene rings is 1. The molecule has 0 saturated heterocycles. The van der Waals surface area contributed by atoms with Crippen LogP contribution in [0.2, 0.25) is 0 Å². The number of carbonyl (C=O) groups is 1. The summed E-state index contributed by atoms with van der Waals surface area (Å²) in [5.74, 6) is -0.443. The third-order valence-electron chi connectivity index (χ3n) is 4.54. The van der Waals surface area contributed by atoms with Crippen LogP contribution in [-0.2, 0) is 6.54 Å². The van der Waals surface area contributed by atoms with Crippen molar-refractivity contribution in [2.24, 2.45) is 0 Å². The van der Waals surface area contributed by atoms with Crippen LogP contribution in [0.3, 0.4) is 0 Å². The molecule has 5 heteroatoms. The van der Waals surface area contributed by atoms with Crippen LogP contribution >= 0.6 is 11.3 Å². The van der Waals surface area contributed by atoms with Gasteiger partial charge in [0, 0.05) is 17.3 Å². The fraction of sp³-hybridized carbons (Fsp3) is 0.471. The molecule has 0 atom stereocenters. The molecule has 22 heavy (non-hydrogen) atoms. The topological polar surface area (TPSA) is 52.6 Å². The van der Waals surface area contributed by atoms with Crippen molar-refractivity contribution in [3.05, 3.63) is 34.7 Å². The molecule has 1 aromatic heterocycles. The van der Waals surface area contributed by atoms with Gasteiger partial charge in [0.1, 0.15) is 0 Å². The summed E-state index contributed by atoms with van der Waals surface area (Å²) >= 11 is 1.42. The maximum absolute atomic E-state index is 11.5. The molecule has 3 rings (SSSR count). The van der Waals surface area contributed by atoms with Crippen LogP contribution in [0.15, 0.2) is 24.3 Å². The van der Waals surface area contributed by atoms with Crippen LogP contribution < -0.4 is 5.48 Å². The van der Waals surface area contributed by atoms with E-state index in [-0.39, 0.29) is 0 Å². The Morgan fingerprint density at radius 3 is 2.82 bits per heavy atom. The highest BCUT2D eigenvalue weighted by atomic mass is 32.1. The average molecular weight is 318 g/mol. The zero-order chi connectivity index (χ0) is 15.5. The number of rotatable bonds is 4. The molecule has 0 radical (unpaired) electrons. The number of nitrogens with zero attached hydrogens (tertiary/aromatic N) is 1. The molecule has 1 saturated carbocycles. The first-order chi connectivity index (χ1) is 10.7. The van der Waals surface area contributed by atoms with Crippen molar-refractivity contribution in [2.45, 2.75) is 44.7 Å². The van der Waals surface area contributed by atoms with Crippen molar-refractivity contribution in [3.8, 4) is 0 Å². The molecule has 0 spiro atoms. The van der Waals surface area contributed by atoms with E-state index < -0.39 is 5.91 Å². The molecule has 1 amide bonds. The Balaban J connectivity index is 1.75. The predicted octanol–water partition coefficient (Wildman–Crippen LogP) is 3.78. The van der Waals surface area contributed by atoms with Crippen LogP contribution in [0, 0.1) is 0 Å². The molecule has 1 aliphatic rings. The molecule has 2 N–H and O–H groups in total. The van der Waals surface area contributed by atoms with Gasteiger partial charge in [-0.1, -0.05) is 31.4 Å². The van der Waals surface area contributed by atoms with Crippen molar-refractivity contribution in [1.29, 1.82) is 0 Å². The van der Waals surface area contributed by atoms with E-state index in [1.165, 1.54) is 49.0 Å². The minimum atomic E-state index is -0.443. The highest BCUT2D eigenvalue weighted by Crippen LogP contribution is 2.28. The zero-order valence-corrected chi connectivity index (χ0v) is 13.7. The van der Waals surface area contributed by atoms with Gasteiger partial charge in [0.25, 0.3) is 5.91 Å². The lowest BCUT2D eigenvalue weighted by Gasteiger charge is -2.31. The zero-order valence-electron chi connectivity index (χ0n) is 12.8. The third kappa shape index (κ3) is 3.32. The van der Waals surface area contributed by atoms with Crippen molar-refractivity contribution in [2.75, 3.05) is 7.05 Å². The van der Waals surface area contributed by atoms with Crippen LogP contribution in [0.5, 0.6) is 0 Å². The number of fused-ring (bicyclic) bond motifs is 1. The smallest absolute Gasteiger partial charge is 0.284 e. The van der Waals surface area contributed by atoms with E-state index in [1.54, 1.807) is 5.48 Å². The summed E-state index contributed by atoms with van der Waals surface area (Å²) in [4.78, 5) is 14.5. The SMILES string of the molecule is CN(Cc1ccc2cc(C(=O)NO)sc2c1)C1CCCCC1. The first kappa shape index (κ1) is 15.5. The molecule has 0 bridgehead atoms. The summed E-state index contributed by atoms with van der Waals surface area (Å²) in [5.41, 5.74) is 2.97. The second-order valence-electron chi connectivity index (χ2n) is 6.13. The molecule has 118 valence electrons. The van der Waals surface area contributed by atoms with Crippen molar-refractivity contribution in [3.63, 3.8) is 0 Å². The minimum Gasteiger partial charge on any atom is -0.299 e. The van der Waals surface area contributed by atoms with Crippen molar-refractivity contribution >= 4 is 27.3 Å². The van der Waals surface area contributed by atoms with E-state index >= 15 is 0 Å². The van der Waals surface area contributed by atoms with Crippen LogP contribution in [0.25, 0.3) is 10.1 Å². The fourth-order valence-corrected chi connectivity index (χ4v) is 4.30. The Kier molecular flexibility index (Phi) is 4.76. The molecule has 4 nitrogen and oxygen atoms in total. The quantitative estimate of drug-likeness (QED) is 0.666. The number of hydrogen-bond acceptors (Lipinski definition) is 4. The van der Waals surface area contributed by atoms with Gasteiger partial charge in [-0.3, -0.25) is 14.9 Å². The Morgan fingerprint density at radius 2 is 2.09 bits per heavy atom. The summed E-state index contributed by atoms with van der Waals surface area (Å²) in [6.45, 7) is 0.944. The Bertz CT molecular complexity index is 662. The fourth-order valence-electron chi connectivity index (χ4n) is 3.28. The Morgan fingerprint density at radius 1 is 1.32 bits per heavy atom. The molecule has 1 aliphatic carbocycles. The van der Waals surface area contributed by atoms with Crippen LogP contribution in [0.4, 0.5) is 0 Å². The lowest BCUT2D eigenvalue weighted by molar-refractivity contribution is 0.0711. The Labute approximate surface area is 134 Å². The molecular weight excluding hydrogens is 296 g/mol. The van der Waals surface area contributed by atoms with E-state index in [1.807, 2.05) is 6.07 Å². The maximum Gasteiger partial charge on any atom is 0.284 e. The molecule has 1 heterocycles. The number of nitrogens with one attached hydrogen (secondary N) is 1. The van der Waals surface area contributed by atoms with Gasteiger partial charge in [0.2, 0.25) is 0 Å². The normalized spacial score (nSPS) is 16.3. The number of hydrogen-bond donors (Lipinski definition) is 2. The van der Waals surface area contributed by atoms with E-state index in [0.717, 1.165) is 16.6 Å². The van der Waals surface area contributed by atoms with Crippen molar-refractivity contribution in [1.82, 2.24) is 10.4 Å². The molecule has 2 aromatic rings. The van der Waals surface area contributed by atoms with Crippen LogP contribution in [0.1, 0.15) is 47.3 Å². The van der Waals surface area contributed by atoms with Gasteiger partial charge in [0.15, 0.2) is 0 Å². The Hall–Kier alpha value is -1.43. The van der Waals surface area contributed by atoms with Crippen molar-refractivity contribution < 1.29 is 10.0 Å². The number of hydroxylamine groups is 1. The molecule has 0 unspecified atom stereocenters. The first-order valence-electron chi connectivity index (χ1n) is 7.84. The molecule has 0 aliphatic heterocycles. The lowest BCUT2D eigenvalue weighted by Crippen LogP contribution is -2.32. The van der Waals surface area contributed by atoms with Gasteiger partial charge in [-0.25, -0.2) is 5.48 Å². The largest absolute Gasteiger partial charge is 0.299 e. The second kappa shape index (κ2) is 6.77. The summed E-state index contributed by atoms with van der Waals surface area (Å²) < 4.78 is 1.09. The summed E-state index contributed by atoms with van der Waals surface area (Å²) in [6, 6.07) is 8.87. The summed E-state index contributed by atoms with van der Waals surface area (Å²) in [6.07, 6.45) is 6.68. The molecule has 1 aromatic carbocycles. The highest BCUT2D eigenvalue weighted by Gasteiger charge is 2.18. The molecular formula is C17H22N2O2S. The monoisotopic (exact) mass is 318 g/mol. The minimum absolute atomic E-state index is 0.443. The second-order valence-corrected chi connectivity index (χ2v) is 7.21. The average Bonchev–Trinajstić information content (AvgIpc) is 2.98. The summed E-state index contributed by atoms with van der Waals surface area (Å²) in [7, 11) is 2.21. The van der Waals surface area contributed by atoms with Gasteiger partial charge in [-0.15, -0.1) is 11.3 Å². The van der Waals surface area contributed by atoms with Gasteiger partial charge in [-0.05, 0) is 43.0 Å². The first-order valence-corrected chi connectivity index (χ1v) is 8.66. The van der Waals surface area contributed by atoms with E-state index in [4.69, 9.17) is 5.21 Å². The van der Waals surface area contributed by atoms with Gasteiger partial charge >= 0.3 is 0 Å². The standard InChI is InChI=1S/C17H22N2O2S/c1-19(14-5-3-2-4-6-14)11-12-7-8-13-10-16(17(20)18-21)22-15(13)9-12/h7-10,14,21H,2-6,11H2,1H3,(H,18,20). The van der Waals surface area contributed by atoms with Gasteiger partial charge in [0.05, 0.1) is 4.88 Å². The molecule has 1 fully saturated rings. The van der Waals surface area contributed by atoms with E-state index in [0.29, 0.717) is 10.9 Å².